The van der Waals surface area contributed by atoms with Gasteiger partial charge in [0.15, 0.2) is 5.78 Å². The fraction of sp³-hybridized carbons (Fsp3) is 0.917. The van der Waals surface area contributed by atoms with Crippen molar-refractivity contribution in [3.63, 3.8) is 0 Å². The molecule has 0 heterocycles. The van der Waals surface area contributed by atoms with Crippen molar-refractivity contribution >= 4 is 5.78 Å². The molecule has 0 bridgehead atoms. The van der Waals surface area contributed by atoms with Crippen molar-refractivity contribution in [3.8, 4) is 0 Å². The Morgan fingerprint density at radius 3 is 1.93 bits per heavy atom. The van der Waals surface area contributed by atoms with Crippen molar-refractivity contribution in [1.82, 2.24) is 4.90 Å². The summed E-state index contributed by atoms with van der Waals surface area (Å²) in [6.07, 6.45) is 0.914. The van der Waals surface area contributed by atoms with Crippen LogP contribution in [0.25, 0.3) is 0 Å². The van der Waals surface area contributed by atoms with Crippen LogP contribution < -0.4 is 0 Å². The van der Waals surface area contributed by atoms with Gasteiger partial charge >= 0.3 is 0 Å². The van der Waals surface area contributed by atoms with E-state index < -0.39 is 0 Å². The maximum atomic E-state index is 12.1. The summed E-state index contributed by atoms with van der Waals surface area (Å²) in [6.45, 7) is 14.3. The van der Waals surface area contributed by atoms with Gasteiger partial charge in [0, 0.05) is 5.41 Å². The molecule has 2 heteroatoms. The first kappa shape index (κ1) is 13.6. The van der Waals surface area contributed by atoms with Gasteiger partial charge in [-0.15, -0.1) is 0 Å². The summed E-state index contributed by atoms with van der Waals surface area (Å²) in [4.78, 5) is 14.3. The van der Waals surface area contributed by atoms with E-state index in [-0.39, 0.29) is 11.5 Å². The topological polar surface area (TPSA) is 20.3 Å². The molecule has 0 saturated carbocycles. The molecule has 0 rings (SSSR count). The lowest BCUT2D eigenvalue weighted by Gasteiger charge is -2.31. The van der Waals surface area contributed by atoms with E-state index in [1.807, 2.05) is 20.8 Å². The smallest absolute Gasteiger partial charge is 0.155 e. The predicted molar refractivity (Wildman–Crippen MR) is 61.5 cm³/mol. The summed E-state index contributed by atoms with van der Waals surface area (Å²) >= 11 is 0. The maximum Gasteiger partial charge on any atom is 0.155 e. The second-order valence-electron chi connectivity index (χ2n) is 4.50. The fourth-order valence-electron chi connectivity index (χ4n) is 1.68. The third-order valence-corrected chi connectivity index (χ3v) is 3.29. The number of carbonyl (C=O) groups excluding carboxylic acids is 1. The molecule has 0 radical (unpaired) electrons. The molecule has 0 aromatic heterocycles. The largest absolute Gasteiger partial charge is 0.297 e. The van der Waals surface area contributed by atoms with Gasteiger partial charge in [0.25, 0.3) is 0 Å². The fourth-order valence-corrected chi connectivity index (χ4v) is 1.68. The molecule has 0 saturated heterocycles. The second kappa shape index (κ2) is 5.50. The lowest BCUT2D eigenvalue weighted by Crippen LogP contribution is -2.44. The zero-order chi connectivity index (χ0) is 11.4. The third-order valence-electron chi connectivity index (χ3n) is 3.29. The van der Waals surface area contributed by atoms with Gasteiger partial charge in [-0.3, -0.25) is 9.69 Å². The van der Waals surface area contributed by atoms with Crippen LogP contribution in [0.5, 0.6) is 0 Å². The average Bonchev–Trinajstić information content (AvgIpc) is 2.18. The maximum absolute atomic E-state index is 12.1. The second-order valence-corrected chi connectivity index (χ2v) is 4.50. The molecule has 1 atom stereocenters. The molecule has 2 nitrogen and oxygen atoms in total. The van der Waals surface area contributed by atoms with Crippen molar-refractivity contribution in [2.75, 3.05) is 13.1 Å². The molecule has 0 aromatic rings. The van der Waals surface area contributed by atoms with Gasteiger partial charge in [0.2, 0.25) is 0 Å². The van der Waals surface area contributed by atoms with Gasteiger partial charge in [-0.25, -0.2) is 0 Å². The minimum Gasteiger partial charge on any atom is -0.297 e. The Balaban J connectivity index is 4.52. The number of rotatable bonds is 6. The zero-order valence-corrected chi connectivity index (χ0v) is 10.6. The molecule has 0 spiro atoms. The molecule has 14 heavy (non-hydrogen) atoms. The summed E-state index contributed by atoms with van der Waals surface area (Å²) < 4.78 is 0. The van der Waals surface area contributed by atoms with E-state index in [9.17, 15) is 4.79 Å². The Bertz CT molecular complexity index is 183. The predicted octanol–water partition coefficient (Wildman–Crippen LogP) is 2.72. The Morgan fingerprint density at radius 2 is 1.64 bits per heavy atom. The first-order valence-corrected chi connectivity index (χ1v) is 5.69. The SMILES string of the molecule is CCN(CC)[C@H](C)C(=O)C(C)(C)CC. The van der Waals surface area contributed by atoms with Crippen LogP contribution >= 0.6 is 0 Å². The van der Waals surface area contributed by atoms with Crippen LogP contribution in [0.4, 0.5) is 0 Å². The summed E-state index contributed by atoms with van der Waals surface area (Å²) in [5.41, 5.74) is -0.179. The van der Waals surface area contributed by atoms with Gasteiger partial charge in [0.05, 0.1) is 6.04 Å². The summed E-state index contributed by atoms with van der Waals surface area (Å²) in [5.74, 6) is 0.365. The zero-order valence-electron chi connectivity index (χ0n) is 10.6. The normalized spacial score (nSPS) is 14.5. The van der Waals surface area contributed by atoms with Gasteiger partial charge in [-0.2, -0.15) is 0 Å². The number of carbonyl (C=O) groups is 1. The highest BCUT2D eigenvalue weighted by Gasteiger charge is 2.31. The van der Waals surface area contributed by atoms with Crippen LogP contribution in [0.2, 0.25) is 0 Å². The van der Waals surface area contributed by atoms with E-state index in [2.05, 4.69) is 25.7 Å². The van der Waals surface area contributed by atoms with E-state index in [1.54, 1.807) is 0 Å². The van der Waals surface area contributed by atoms with Gasteiger partial charge in [0.1, 0.15) is 0 Å². The summed E-state index contributed by atoms with van der Waals surface area (Å²) in [6, 6.07) is 0.0555. The van der Waals surface area contributed by atoms with Gasteiger partial charge in [-0.1, -0.05) is 34.6 Å². The lowest BCUT2D eigenvalue weighted by atomic mass is 9.82. The van der Waals surface area contributed by atoms with Crippen molar-refractivity contribution in [1.29, 1.82) is 0 Å². The van der Waals surface area contributed by atoms with Crippen molar-refractivity contribution in [2.45, 2.75) is 54.0 Å². The Hall–Kier alpha value is -0.370. The highest BCUT2D eigenvalue weighted by atomic mass is 16.1. The molecule has 0 aromatic carbocycles. The first-order chi connectivity index (χ1) is 6.40. The molecule has 0 fully saturated rings. The van der Waals surface area contributed by atoms with Crippen LogP contribution in [0.3, 0.4) is 0 Å². The van der Waals surface area contributed by atoms with E-state index >= 15 is 0 Å². The Kier molecular flexibility index (Phi) is 5.35. The molecular formula is C12H25NO. The van der Waals surface area contributed by atoms with Gasteiger partial charge < -0.3 is 0 Å². The summed E-state index contributed by atoms with van der Waals surface area (Å²) in [7, 11) is 0. The van der Waals surface area contributed by atoms with Crippen LogP contribution in [0, 0.1) is 5.41 Å². The monoisotopic (exact) mass is 199 g/mol. The molecule has 0 aliphatic heterocycles. The lowest BCUT2D eigenvalue weighted by molar-refractivity contribution is -0.132. The molecule has 0 aliphatic carbocycles. The molecule has 0 unspecified atom stereocenters. The minimum atomic E-state index is -0.179. The number of ketones is 1. The average molecular weight is 199 g/mol. The van der Waals surface area contributed by atoms with Crippen LogP contribution in [0.15, 0.2) is 0 Å². The highest BCUT2D eigenvalue weighted by molar-refractivity contribution is 5.88. The molecule has 84 valence electrons. The van der Waals surface area contributed by atoms with Crippen LogP contribution in [-0.4, -0.2) is 29.8 Å². The number of Topliss-reactive ketones (excluding diaryl/α,β-unsaturated/α-hetero) is 1. The van der Waals surface area contributed by atoms with Crippen molar-refractivity contribution in [3.05, 3.63) is 0 Å². The number of nitrogens with zero attached hydrogens (tertiary/aromatic N) is 1. The van der Waals surface area contributed by atoms with Crippen molar-refractivity contribution in [2.24, 2.45) is 5.41 Å². The molecule has 0 amide bonds. The van der Waals surface area contributed by atoms with E-state index in [4.69, 9.17) is 0 Å². The molecular weight excluding hydrogens is 174 g/mol. The quantitative estimate of drug-likeness (QED) is 0.655. The van der Waals surface area contributed by atoms with E-state index in [1.165, 1.54) is 0 Å². The minimum absolute atomic E-state index is 0.0555. The number of hydrogen-bond acceptors (Lipinski definition) is 2. The summed E-state index contributed by atoms with van der Waals surface area (Å²) in [5, 5.41) is 0. The van der Waals surface area contributed by atoms with Gasteiger partial charge in [-0.05, 0) is 26.4 Å². The van der Waals surface area contributed by atoms with Crippen LogP contribution in [-0.2, 0) is 4.79 Å². The highest BCUT2D eigenvalue weighted by Crippen LogP contribution is 2.24. The Labute approximate surface area is 88.7 Å². The third kappa shape index (κ3) is 3.09. The molecule has 0 aliphatic rings. The first-order valence-electron chi connectivity index (χ1n) is 5.69. The van der Waals surface area contributed by atoms with E-state index in [0.29, 0.717) is 5.78 Å². The Morgan fingerprint density at radius 1 is 1.21 bits per heavy atom. The van der Waals surface area contributed by atoms with E-state index in [0.717, 1.165) is 19.5 Å². The van der Waals surface area contributed by atoms with Crippen LogP contribution in [0.1, 0.15) is 48.0 Å². The molecule has 0 N–H and O–H groups in total. The standard InChI is InChI=1S/C12H25NO/c1-7-12(5,6)11(14)10(4)13(8-2)9-3/h10H,7-9H2,1-6H3/t10-/m1/s1. The van der Waals surface area contributed by atoms with Crippen molar-refractivity contribution < 1.29 is 4.79 Å². The number of hydrogen-bond donors (Lipinski definition) is 0. The number of likely N-dealkylation sites (N-methyl/N-ethyl adjacent to an activating group) is 1.